The van der Waals surface area contributed by atoms with Gasteiger partial charge in [-0.05, 0) is 19.3 Å². The van der Waals surface area contributed by atoms with E-state index in [1.807, 2.05) is 0 Å². The van der Waals surface area contributed by atoms with Gasteiger partial charge in [0.1, 0.15) is 6.29 Å². The van der Waals surface area contributed by atoms with Crippen LogP contribution >= 0.6 is 0 Å². The number of unbranched alkanes of at least 4 members (excludes halogenated alkanes) is 14. The summed E-state index contributed by atoms with van der Waals surface area (Å²) < 4.78 is 0. The summed E-state index contributed by atoms with van der Waals surface area (Å²) in [4.78, 5) is 43.2. The third-order valence-corrected chi connectivity index (χ3v) is 5.10. The molecule has 0 aliphatic heterocycles. The maximum Gasteiger partial charge on any atom is 0.303 e. The van der Waals surface area contributed by atoms with Crippen molar-refractivity contribution in [2.24, 2.45) is 0 Å². The standard InChI is InChI=1S/C23H40NO5/c25-19-15-13-11-9-7-5-3-1-2-4-6-8-10-12-14-16-22(27)24-21(20-26)17-18-23(28)29/h19,21H,1-18H2,(H,24,27)(H,28,29)/t21-/m0/s1. The molecule has 0 aromatic rings. The molecule has 6 nitrogen and oxygen atoms in total. The molecule has 0 aromatic carbocycles. The molecular formula is C23H40NO5. The number of nitrogens with one attached hydrogen (secondary N) is 1. The fourth-order valence-corrected chi connectivity index (χ4v) is 3.33. The second-order valence-corrected chi connectivity index (χ2v) is 7.83. The molecule has 0 spiro atoms. The summed E-state index contributed by atoms with van der Waals surface area (Å²) in [5, 5.41) is 11.1. The van der Waals surface area contributed by atoms with E-state index >= 15 is 0 Å². The van der Waals surface area contributed by atoms with E-state index in [4.69, 9.17) is 5.11 Å². The van der Waals surface area contributed by atoms with Crippen LogP contribution in [-0.2, 0) is 19.2 Å². The van der Waals surface area contributed by atoms with E-state index in [1.54, 1.807) is 6.29 Å². The molecule has 1 amide bonds. The summed E-state index contributed by atoms with van der Waals surface area (Å²) in [5.41, 5.74) is 0. The number of hydrogen-bond donors (Lipinski definition) is 2. The number of carbonyl (C=O) groups excluding carboxylic acids is 3. The highest BCUT2D eigenvalue weighted by atomic mass is 16.4. The molecule has 0 aromatic heterocycles. The smallest absolute Gasteiger partial charge is 0.303 e. The predicted molar refractivity (Wildman–Crippen MR) is 114 cm³/mol. The first-order valence-electron chi connectivity index (χ1n) is 11.4. The second kappa shape index (κ2) is 21.0. The number of carboxylic acids is 1. The van der Waals surface area contributed by atoms with Crippen molar-refractivity contribution >= 4 is 24.4 Å². The molecule has 29 heavy (non-hydrogen) atoms. The molecule has 0 rings (SSSR count). The van der Waals surface area contributed by atoms with Crippen molar-refractivity contribution in [3.05, 3.63) is 0 Å². The largest absolute Gasteiger partial charge is 0.481 e. The highest BCUT2D eigenvalue weighted by Gasteiger charge is 2.13. The first-order chi connectivity index (χ1) is 14.1. The Balaban J connectivity index is 3.34. The van der Waals surface area contributed by atoms with Gasteiger partial charge in [0.2, 0.25) is 12.2 Å². The molecule has 2 N–H and O–H groups in total. The predicted octanol–water partition coefficient (Wildman–Crippen LogP) is 4.89. The van der Waals surface area contributed by atoms with E-state index in [0.29, 0.717) is 12.8 Å². The highest BCUT2D eigenvalue weighted by molar-refractivity contribution is 5.80. The Morgan fingerprint density at radius 1 is 0.759 bits per heavy atom. The van der Waals surface area contributed by atoms with E-state index < -0.39 is 12.0 Å². The second-order valence-electron chi connectivity index (χ2n) is 7.83. The van der Waals surface area contributed by atoms with Crippen LogP contribution in [0.5, 0.6) is 0 Å². The average Bonchev–Trinajstić information content (AvgIpc) is 2.70. The van der Waals surface area contributed by atoms with Crippen molar-refractivity contribution in [3.63, 3.8) is 0 Å². The van der Waals surface area contributed by atoms with E-state index in [1.165, 1.54) is 64.2 Å². The van der Waals surface area contributed by atoms with Crippen LogP contribution in [0.1, 0.15) is 116 Å². The van der Waals surface area contributed by atoms with Gasteiger partial charge in [-0.1, -0.05) is 77.0 Å². The minimum Gasteiger partial charge on any atom is -0.481 e. The molecule has 0 unspecified atom stereocenters. The van der Waals surface area contributed by atoms with Gasteiger partial charge in [-0.15, -0.1) is 0 Å². The van der Waals surface area contributed by atoms with Gasteiger partial charge in [0.05, 0.1) is 6.04 Å². The number of carbonyl (C=O) groups is 3. The van der Waals surface area contributed by atoms with Gasteiger partial charge in [-0.3, -0.25) is 14.4 Å². The van der Waals surface area contributed by atoms with Gasteiger partial charge < -0.3 is 15.2 Å². The molecule has 0 aliphatic rings. The Bertz CT molecular complexity index is 439. The number of aldehydes is 1. The maximum absolute atomic E-state index is 11.8. The summed E-state index contributed by atoms with van der Waals surface area (Å²) in [6.07, 6.45) is 20.4. The third-order valence-electron chi connectivity index (χ3n) is 5.10. The van der Waals surface area contributed by atoms with Crippen LogP contribution < -0.4 is 5.32 Å². The van der Waals surface area contributed by atoms with Crippen LogP contribution in [0, 0.1) is 0 Å². The minimum atomic E-state index is -0.984. The van der Waals surface area contributed by atoms with E-state index in [2.05, 4.69) is 5.32 Å². The molecular weight excluding hydrogens is 370 g/mol. The van der Waals surface area contributed by atoms with Gasteiger partial charge in [0.15, 0.2) is 0 Å². The summed E-state index contributed by atoms with van der Waals surface area (Å²) in [6, 6.07) is -0.818. The van der Waals surface area contributed by atoms with Gasteiger partial charge in [0, 0.05) is 19.3 Å². The Morgan fingerprint density at radius 3 is 1.62 bits per heavy atom. The molecule has 0 aliphatic carbocycles. The summed E-state index contributed by atoms with van der Waals surface area (Å²) in [5.74, 6) is -1.19. The molecule has 1 radical (unpaired) electrons. The zero-order valence-electron chi connectivity index (χ0n) is 18.0. The Kier molecular flexibility index (Phi) is 19.8. The summed E-state index contributed by atoms with van der Waals surface area (Å²) in [7, 11) is 0. The van der Waals surface area contributed by atoms with Crippen LogP contribution in [0.15, 0.2) is 0 Å². The van der Waals surface area contributed by atoms with Crippen LogP contribution in [0.2, 0.25) is 0 Å². The molecule has 1 atom stereocenters. The van der Waals surface area contributed by atoms with Crippen molar-refractivity contribution in [1.82, 2.24) is 5.32 Å². The molecule has 0 saturated heterocycles. The van der Waals surface area contributed by atoms with Crippen molar-refractivity contribution in [3.8, 4) is 0 Å². The minimum absolute atomic E-state index is 0.0893. The molecule has 0 fully saturated rings. The summed E-state index contributed by atoms with van der Waals surface area (Å²) >= 11 is 0. The van der Waals surface area contributed by atoms with Gasteiger partial charge in [-0.2, -0.15) is 0 Å². The lowest BCUT2D eigenvalue weighted by atomic mass is 10.0. The number of aliphatic carboxylic acids is 1. The lowest BCUT2D eigenvalue weighted by Crippen LogP contribution is -2.36. The van der Waals surface area contributed by atoms with Crippen LogP contribution in [-0.4, -0.2) is 35.6 Å². The third kappa shape index (κ3) is 20.8. The Hall–Kier alpha value is -1.72. The fourth-order valence-electron chi connectivity index (χ4n) is 3.33. The van der Waals surface area contributed by atoms with Crippen LogP contribution in [0.4, 0.5) is 0 Å². The van der Waals surface area contributed by atoms with Gasteiger partial charge in [-0.25, -0.2) is 0 Å². The number of rotatable bonds is 22. The highest BCUT2D eigenvalue weighted by Crippen LogP contribution is 2.13. The normalized spacial score (nSPS) is 11.7. The van der Waals surface area contributed by atoms with E-state index in [0.717, 1.165) is 32.0 Å². The lowest BCUT2D eigenvalue weighted by molar-refractivity contribution is -0.137. The number of hydrogen-bond acceptors (Lipinski definition) is 4. The molecule has 0 saturated carbocycles. The van der Waals surface area contributed by atoms with Crippen LogP contribution in [0.3, 0.4) is 0 Å². The molecule has 167 valence electrons. The Labute approximate surface area is 176 Å². The monoisotopic (exact) mass is 410 g/mol. The van der Waals surface area contributed by atoms with Gasteiger partial charge >= 0.3 is 5.97 Å². The van der Waals surface area contributed by atoms with E-state index in [9.17, 15) is 19.2 Å². The molecule has 6 heteroatoms. The first kappa shape index (κ1) is 27.3. The average molecular weight is 411 g/mol. The van der Waals surface area contributed by atoms with Crippen molar-refractivity contribution < 1.29 is 24.3 Å². The zero-order valence-corrected chi connectivity index (χ0v) is 18.0. The van der Waals surface area contributed by atoms with Gasteiger partial charge in [0.25, 0.3) is 0 Å². The quantitative estimate of drug-likeness (QED) is 0.196. The van der Waals surface area contributed by atoms with Crippen molar-refractivity contribution in [1.29, 1.82) is 0 Å². The topological polar surface area (TPSA) is 101 Å². The summed E-state index contributed by atoms with van der Waals surface area (Å²) in [6.45, 7) is 0. The molecule has 0 bridgehead atoms. The van der Waals surface area contributed by atoms with Crippen molar-refractivity contribution in [2.45, 2.75) is 122 Å². The Morgan fingerprint density at radius 2 is 1.21 bits per heavy atom. The van der Waals surface area contributed by atoms with E-state index in [-0.39, 0.29) is 18.7 Å². The maximum atomic E-state index is 11.8. The number of amides is 1. The number of carboxylic acid groups (broad SMARTS) is 1. The zero-order chi connectivity index (χ0) is 21.6. The SMILES string of the molecule is O=[C][C@H](CCC(=O)O)NC(=O)CCCCCCCCCCCCCCCCC=O. The van der Waals surface area contributed by atoms with Crippen LogP contribution in [0.25, 0.3) is 0 Å². The molecule has 0 heterocycles. The fraction of sp³-hybridized carbons (Fsp3) is 0.826. The lowest BCUT2D eigenvalue weighted by Gasteiger charge is -2.10. The van der Waals surface area contributed by atoms with Crippen molar-refractivity contribution in [2.75, 3.05) is 0 Å². The first-order valence-corrected chi connectivity index (χ1v) is 11.4.